The second-order valence-electron chi connectivity index (χ2n) is 2.64. The van der Waals surface area contributed by atoms with Gasteiger partial charge in [-0.15, -0.1) is 0 Å². The Morgan fingerprint density at radius 1 is 1.36 bits per heavy atom. The summed E-state index contributed by atoms with van der Waals surface area (Å²) in [4.78, 5) is 15.2. The highest BCUT2D eigenvalue weighted by molar-refractivity contribution is 6.06. The minimum absolute atomic E-state index is 0.00995. The fourth-order valence-electron chi connectivity index (χ4n) is 1.09. The van der Waals surface area contributed by atoms with E-state index in [0.717, 1.165) is 0 Å². The number of benzene rings is 1. The molecule has 0 amide bonds. The van der Waals surface area contributed by atoms with Gasteiger partial charge in [-0.3, -0.25) is 9.89 Å². The van der Waals surface area contributed by atoms with E-state index < -0.39 is 11.6 Å². The molecule has 0 radical (unpaired) electrons. The summed E-state index contributed by atoms with van der Waals surface area (Å²) in [7, 11) is 0. The van der Waals surface area contributed by atoms with Crippen molar-refractivity contribution in [2.24, 2.45) is 0 Å². The van der Waals surface area contributed by atoms with Crippen molar-refractivity contribution in [2.45, 2.75) is 0 Å². The summed E-state index contributed by atoms with van der Waals surface area (Å²) in [6.45, 7) is 0. The van der Waals surface area contributed by atoms with Gasteiger partial charge < -0.3 is 0 Å². The third-order valence-corrected chi connectivity index (χ3v) is 1.75. The molecule has 5 heteroatoms. The summed E-state index contributed by atoms with van der Waals surface area (Å²) >= 11 is 0. The van der Waals surface area contributed by atoms with Gasteiger partial charge in [-0.1, -0.05) is 12.1 Å². The number of aromatic amines is 1. The highest BCUT2D eigenvalue weighted by Gasteiger charge is 2.15. The molecule has 4 nitrogen and oxygen atoms in total. The first-order valence-corrected chi connectivity index (χ1v) is 3.93. The van der Waals surface area contributed by atoms with E-state index >= 15 is 0 Å². The van der Waals surface area contributed by atoms with Gasteiger partial charge in [0.15, 0.2) is 5.82 Å². The number of hydrogen-bond acceptors (Lipinski definition) is 3. The molecular weight excluding hydrogens is 185 g/mol. The zero-order valence-corrected chi connectivity index (χ0v) is 7.07. The molecule has 1 aromatic heterocycles. The lowest BCUT2D eigenvalue weighted by Gasteiger charge is -1.97. The number of H-pyrrole nitrogens is 1. The van der Waals surface area contributed by atoms with Crippen molar-refractivity contribution in [1.29, 1.82) is 0 Å². The summed E-state index contributed by atoms with van der Waals surface area (Å²) in [5, 5.41) is 5.90. The number of aromatic nitrogens is 3. The molecule has 0 aliphatic heterocycles. The maximum Gasteiger partial charge on any atom is 0.232 e. The lowest BCUT2D eigenvalue weighted by atomic mass is 10.1. The smallest absolute Gasteiger partial charge is 0.232 e. The molecule has 1 N–H and O–H groups in total. The molecule has 0 saturated heterocycles. The topological polar surface area (TPSA) is 58.6 Å². The molecule has 14 heavy (non-hydrogen) atoms. The Kier molecular flexibility index (Phi) is 2.06. The minimum atomic E-state index is -0.561. The summed E-state index contributed by atoms with van der Waals surface area (Å²) in [5.41, 5.74) is -0.00995. The Labute approximate surface area is 78.8 Å². The third-order valence-electron chi connectivity index (χ3n) is 1.75. The van der Waals surface area contributed by atoms with Crippen LogP contribution in [0.5, 0.6) is 0 Å². The Balaban J connectivity index is 2.42. The molecule has 1 aromatic carbocycles. The van der Waals surface area contributed by atoms with Crippen molar-refractivity contribution in [2.75, 3.05) is 0 Å². The van der Waals surface area contributed by atoms with Gasteiger partial charge in [0.25, 0.3) is 0 Å². The van der Waals surface area contributed by atoms with Crippen LogP contribution in [0.3, 0.4) is 0 Å². The fourth-order valence-corrected chi connectivity index (χ4v) is 1.09. The lowest BCUT2D eigenvalue weighted by Crippen LogP contribution is -2.06. The van der Waals surface area contributed by atoms with Crippen LogP contribution in [0.1, 0.15) is 16.2 Å². The van der Waals surface area contributed by atoms with Crippen molar-refractivity contribution in [3.8, 4) is 0 Å². The molecule has 0 aliphatic carbocycles. The highest BCUT2D eigenvalue weighted by atomic mass is 19.1. The first-order chi connectivity index (χ1) is 6.79. The first kappa shape index (κ1) is 8.55. The van der Waals surface area contributed by atoms with E-state index in [4.69, 9.17) is 0 Å². The van der Waals surface area contributed by atoms with Crippen molar-refractivity contribution in [1.82, 2.24) is 15.2 Å². The van der Waals surface area contributed by atoms with Crippen LogP contribution in [0.2, 0.25) is 0 Å². The van der Waals surface area contributed by atoms with Gasteiger partial charge in [0.1, 0.15) is 12.1 Å². The molecule has 70 valence electrons. The molecular formula is C9H6FN3O. The van der Waals surface area contributed by atoms with Crippen LogP contribution in [-0.4, -0.2) is 21.0 Å². The van der Waals surface area contributed by atoms with Gasteiger partial charge in [-0.25, -0.2) is 9.37 Å². The summed E-state index contributed by atoms with van der Waals surface area (Å²) in [6.07, 6.45) is 1.20. The van der Waals surface area contributed by atoms with Gasteiger partial charge in [0.05, 0.1) is 5.56 Å². The molecule has 0 bridgehead atoms. The van der Waals surface area contributed by atoms with Crippen molar-refractivity contribution in [3.63, 3.8) is 0 Å². The second kappa shape index (κ2) is 3.37. The van der Waals surface area contributed by atoms with E-state index in [0.29, 0.717) is 0 Å². The Hall–Kier alpha value is -2.04. The standard InChI is InChI=1S/C9H6FN3O/c10-7-4-2-1-3-6(7)8(14)9-11-5-12-13-9/h1-5H,(H,11,12,13). The van der Waals surface area contributed by atoms with E-state index in [-0.39, 0.29) is 11.4 Å². The van der Waals surface area contributed by atoms with Crippen LogP contribution in [0.15, 0.2) is 30.6 Å². The van der Waals surface area contributed by atoms with E-state index in [1.54, 1.807) is 6.07 Å². The van der Waals surface area contributed by atoms with Crippen LogP contribution in [0.4, 0.5) is 4.39 Å². The summed E-state index contributed by atoms with van der Waals surface area (Å²) in [5.74, 6) is -1.02. The van der Waals surface area contributed by atoms with E-state index in [1.807, 2.05) is 0 Å². The van der Waals surface area contributed by atoms with Crippen molar-refractivity contribution < 1.29 is 9.18 Å². The molecule has 0 spiro atoms. The van der Waals surface area contributed by atoms with Gasteiger partial charge in [0, 0.05) is 0 Å². The minimum Gasteiger partial charge on any atom is -0.285 e. The number of carbonyl (C=O) groups is 1. The summed E-state index contributed by atoms with van der Waals surface area (Å²) < 4.78 is 13.1. The van der Waals surface area contributed by atoms with Gasteiger partial charge in [-0.2, -0.15) is 5.10 Å². The zero-order chi connectivity index (χ0) is 9.97. The maximum absolute atomic E-state index is 13.1. The van der Waals surface area contributed by atoms with Crippen LogP contribution in [0, 0.1) is 5.82 Å². The molecule has 0 aliphatic rings. The summed E-state index contributed by atoms with van der Waals surface area (Å²) in [6, 6.07) is 5.74. The van der Waals surface area contributed by atoms with E-state index in [9.17, 15) is 9.18 Å². The predicted octanol–water partition coefficient (Wildman–Crippen LogP) is 1.17. The molecule has 2 rings (SSSR count). The molecule has 0 fully saturated rings. The number of nitrogens with one attached hydrogen (secondary N) is 1. The monoisotopic (exact) mass is 191 g/mol. The van der Waals surface area contributed by atoms with Crippen molar-refractivity contribution in [3.05, 3.63) is 47.8 Å². The first-order valence-electron chi connectivity index (χ1n) is 3.93. The number of carbonyl (C=O) groups excluding carboxylic acids is 1. The maximum atomic E-state index is 13.1. The van der Waals surface area contributed by atoms with Gasteiger partial charge >= 0.3 is 0 Å². The number of halogens is 1. The van der Waals surface area contributed by atoms with Crippen molar-refractivity contribution >= 4 is 5.78 Å². The van der Waals surface area contributed by atoms with Crippen LogP contribution in [-0.2, 0) is 0 Å². The van der Waals surface area contributed by atoms with Gasteiger partial charge in [0.2, 0.25) is 5.78 Å². The Morgan fingerprint density at radius 3 is 2.79 bits per heavy atom. The van der Waals surface area contributed by atoms with Crippen LogP contribution >= 0.6 is 0 Å². The largest absolute Gasteiger partial charge is 0.285 e. The molecule has 2 aromatic rings. The van der Waals surface area contributed by atoms with E-state index in [1.165, 1.54) is 24.5 Å². The number of nitrogens with zero attached hydrogens (tertiary/aromatic N) is 2. The SMILES string of the molecule is O=C(c1ncn[nH]1)c1ccccc1F. The number of hydrogen-bond donors (Lipinski definition) is 1. The Bertz CT molecular complexity index is 453. The molecule has 0 atom stereocenters. The molecule has 0 saturated carbocycles. The molecule has 0 unspecified atom stereocenters. The lowest BCUT2D eigenvalue weighted by molar-refractivity contribution is 0.102. The average Bonchev–Trinajstić information content (AvgIpc) is 2.70. The van der Waals surface area contributed by atoms with E-state index in [2.05, 4.69) is 15.2 Å². The fraction of sp³-hybridized carbons (Fsp3) is 0. The van der Waals surface area contributed by atoms with Gasteiger partial charge in [-0.05, 0) is 12.1 Å². The second-order valence-corrected chi connectivity index (χ2v) is 2.64. The highest BCUT2D eigenvalue weighted by Crippen LogP contribution is 2.09. The Morgan fingerprint density at radius 2 is 2.14 bits per heavy atom. The van der Waals surface area contributed by atoms with Crippen LogP contribution in [0.25, 0.3) is 0 Å². The number of rotatable bonds is 2. The normalized spacial score (nSPS) is 10.1. The predicted molar refractivity (Wildman–Crippen MR) is 46.2 cm³/mol. The molecule has 1 heterocycles. The van der Waals surface area contributed by atoms with Crippen LogP contribution < -0.4 is 0 Å². The quantitative estimate of drug-likeness (QED) is 0.725. The average molecular weight is 191 g/mol. The zero-order valence-electron chi connectivity index (χ0n) is 7.07. The third kappa shape index (κ3) is 1.39. The number of ketones is 1.